The lowest BCUT2D eigenvalue weighted by Gasteiger charge is -2.48. The van der Waals surface area contributed by atoms with Crippen molar-refractivity contribution in [3.05, 3.63) is 0 Å². The van der Waals surface area contributed by atoms with Gasteiger partial charge < -0.3 is 9.64 Å². The molecule has 2 heterocycles. The predicted octanol–water partition coefficient (Wildman–Crippen LogP) is 6.76. The number of nitrogens with zero attached hydrogens (tertiary/aromatic N) is 2. The molecule has 2 aliphatic rings. The van der Waals surface area contributed by atoms with Crippen molar-refractivity contribution in [2.75, 3.05) is 45.9 Å². The van der Waals surface area contributed by atoms with Crippen LogP contribution in [0.3, 0.4) is 0 Å². The molecule has 2 saturated heterocycles. The van der Waals surface area contributed by atoms with Crippen molar-refractivity contribution in [3.8, 4) is 0 Å². The first-order valence-corrected chi connectivity index (χ1v) is 13.7. The van der Waals surface area contributed by atoms with Gasteiger partial charge in [-0.15, -0.1) is 0 Å². The van der Waals surface area contributed by atoms with Crippen molar-refractivity contribution in [1.82, 2.24) is 9.80 Å². The Hall–Kier alpha value is -0.120. The van der Waals surface area contributed by atoms with E-state index in [2.05, 4.69) is 37.5 Å². The standard InChI is InChI=1S/C27H54N2O/c1-5-8-10-11-15-26(14-9-6-2)23-28-19-16-27(17-20-28)24-29(21-22-30-27)18-12-13-25(4)7-3/h25-26H,5-24H2,1-4H3. The molecule has 0 N–H and O–H groups in total. The van der Waals surface area contributed by atoms with Gasteiger partial charge >= 0.3 is 0 Å². The molecule has 0 aromatic carbocycles. The van der Waals surface area contributed by atoms with Gasteiger partial charge in [-0.05, 0) is 56.9 Å². The third kappa shape index (κ3) is 9.57. The Bertz CT molecular complexity index is 419. The number of hydrogen-bond acceptors (Lipinski definition) is 3. The zero-order chi connectivity index (χ0) is 21.7. The SMILES string of the molecule is CCCCCCC(CCCC)CN1CCC2(CC1)CN(CCCC(C)CC)CCO2. The highest BCUT2D eigenvalue weighted by Crippen LogP contribution is 2.31. The van der Waals surface area contributed by atoms with Crippen LogP contribution >= 0.6 is 0 Å². The fraction of sp³-hybridized carbons (Fsp3) is 1.00. The van der Waals surface area contributed by atoms with Crippen molar-refractivity contribution in [1.29, 1.82) is 0 Å². The molecular weight excluding hydrogens is 368 g/mol. The normalized spacial score (nSPS) is 22.4. The monoisotopic (exact) mass is 422 g/mol. The number of ether oxygens (including phenoxy) is 1. The van der Waals surface area contributed by atoms with Crippen LogP contribution in [0, 0.1) is 11.8 Å². The Morgan fingerprint density at radius 2 is 1.53 bits per heavy atom. The van der Waals surface area contributed by atoms with Crippen LogP contribution < -0.4 is 0 Å². The zero-order valence-corrected chi connectivity index (χ0v) is 21.1. The summed E-state index contributed by atoms with van der Waals surface area (Å²) in [7, 11) is 0. The maximum absolute atomic E-state index is 6.43. The highest BCUT2D eigenvalue weighted by atomic mass is 16.5. The summed E-state index contributed by atoms with van der Waals surface area (Å²) in [5, 5.41) is 0. The lowest BCUT2D eigenvalue weighted by atomic mass is 9.87. The number of rotatable bonds is 15. The topological polar surface area (TPSA) is 15.7 Å². The summed E-state index contributed by atoms with van der Waals surface area (Å²) in [6.07, 6.45) is 17.8. The first kappa shape index (κ1) is 26.1. The van der Waals surface area contributed by atoms with Gasteiger partial charge in [-0.2, -0.15) is 0 Å². The second kappa shape index (κ2) is 14.9. The molecule has 2 fully saturated rings. The fourth-order valence-corrected chi connectivity index (χ4v) is 5.47. The van der Waals surface area contributed by atoms with E-state index >= 15 is 0 Å². The lowest BCUT2D eigenvalue weighted by Crippen LogP contribution is -2.57. The second-order valence-corrected chi connectivity index (χ2v) is 10.6. The zero-order valence-electron chi connectivity index (χ0n) is 21.1. The molecule has 0 radical (unpaired) electrons. The smallest absolute Gasteiger partial charge is 0.0833 e. The summed E-state index contributed by atoms with van der Waals surface area (Å²) in [5.74, 6) is 1.80. The molecule has 0 bridgehead atoms. The Balaban J connectivity index is 1.73. The molecule has 2 rings (SSSR count). The maximum Gasteiger partial charge on any atom is 0.0833 e. The minimum absolute atomic E-state index is 0.158. The van der Waals surface area contributed by atoms with E-state index in [0.29, 0.717) is 0 Å². The average Bonchev–Trinajstić information content (AvgIpc) is 2.76. The molecular formula is C27H54N2O. The summed E-state index contributed by atoms with van der Waals surface area (Å²) in [5.41, 5.74) is 0.158. The van der Waals surface area contributed by atoms with Crippen LogP contribution in [0.4, 0.5) is 0 Å². The first-order valence-electron chi connectivity index (χ1n) is 13.7. The Kier molecular flexibility index (Phi) is 12.9. The first-order chi connectivity index (χ1) is 14.6. The van der Waals surface area contributed by atoms with Gasteiger partial charge in [0.25, 0.3) is 0 Å². The van der Waals surface area contributed by atoms with Crippen molar-refractivity contribution >= 4 is 0 Å². The van der Waals surface area contributed by atoms with Gasteiger partial charge in [-0.25, -0.2) is 0 Å². The van der Waals surface area contributed by atoms with E-state index in [9.17, 15) is 0 Å². The summed E-state index contributed by atoms with van der Waals surface area (Å²) in [6, 6.07) is 0. The molecule has 0 aliphatic carbocycles. The van der Waals surface area contributed by atoms with Gasteiger partial charge in [0.05, 0.1) is 12.2 Å². The molecule has 2 unspecified atom stereocenters. The van der Waals surface area contributed by atoms with E-state index < -0.39 is 0 Å². The number of unbranched alkanes of at least 4 members (excludes halogenated alkanes) is 4. The number of morpholine rings is 1. The predicted molar refractivity (Wildman–Crippen MR) is 131 cm³/mol. The molecule has 1 spiro atoms. The number of likely N-dealkylation sites (tertiary alicyclic amines) is 1. The van der Waals surface area contributed by atoms with E-state index in [1.165, 1.54) is 116 Å². The van der Waals surface area contributed by atoms with Gasteiger partial charge in [0.2, 0.25) is 0 Å². The molecule has 0 aromatic rings. The van der Waals surface area contributed by atoms with Crippen molar-refractivity contribution in [2.45, 2.75) is 117 Å². The molecule has 2 aliphatic heterocycles. The van der Waals surface area contributed by atoms with Crippen LogP contribution in [0.5, 0.6) is 0 Å². The Labute approximate surface area is 189 Å². The van der Waals surface area contributed by atoms with Crippen LogP contribution in [-0.2, 0) is 4.74 Å². The highest BCUT2D eigenvalue weighted by Gasteiger charge is 2.39. The summed E-state index contributed by atoms with van der Waals surface area (Å²) in [4.78, 5) is 5.48. The van der Waals surface area contributed by atoms with Crippen molar-refractivity contribution in [3.63, 3.8) is 0 Å². The molecule has 3 heteroatoms. The van der Waals surface area contributed by atoms with E-state index in [-0.39, 0.29) is 5.60 Å². The van der Waals surface area contributed by atoms with Gasteiger partial charge in [0.15, 0.2) is 0 Å². The largest absolute Gasteiger partial charge is 0.372 e. The van der Waals surface area contributed by atoms with Crippen LogP contribution in [0.15, 0.2) is 0 Å². The second-order valence-electron chi connectivity index (χ2n) is 10.6. The molecule has 2 atom stereocenters. The third-order valence-corrected chi connectivity index (χ3v) is 7.91. The fourth-order valence-electron chi connectivity index (χ4n) is 5.47. The average molecular weight is 423 g/mol. The highest BCUT2D eigenvalue weighted by molar-refractivity contribution is 4.93. The van der Waals surface area contributed by atoms with Crippen LogP contribution in [0.2, 0.25) is 0 Å². The van der Waals surface area contributed by atoms with Crippen molar-refractivity contribution in [2.24, 2.45) is 11.8 Å². The van der Waals surface area contributed by atoms with E-state index in [0.717, 1.165) is 25.0 Å². The number of hydrogen-bond donors (Lipinski definition) is 0. The minimum Gasteiger partial charge on any atom is -0.372 e. The lowest BCUT2D eigenvalue weighted by molar-refractivity contribution is -0.136. The Morgan fingerprint density at radius 1 is 0.800 bits per heavy atom. The minimum atomic E-state index is 0.158. The van der Waals surface area contributed by atoms with E-state index in [4.69, 9.17) is 4.74 Å². The maximum atomic E-state index is 6.43. The molecule has 3 nitrogen and oxygen atoms in total. The van der Waals surface area contributed by atoms with Crippen LogP contribution in [-0.4, -0.2) is 61.3 Å². The summed E-state index contributed by atoms with van der Waals surface area (Å²) >= 11 is 0. The van der Waals surface area contributed by atoms with Crippen LogP contribution in [0.25, 0.3) is 0 Å². The van der Waals surface area contributed by atoms with Gasteiger partial charge in [0, 0.05) is 32.7 Å². The molecule has 0 amide bonds. The quantitative estimate of drug-likeness (QED) is 0.271. The molecule has 178 valence electrons. The van der Waals surface area contributed by atoms with Crippen molar-refractivity contribution < 1.29 is 4.74 Å². The van der Waals surface area contributed by atoms with Gasteiger partial charge in [0.1, 0.15) is 0 Å². The molecule has 0 saturated carbocycles. The Morgan fingerprint density at radius 3 is 2.23 bits per heavy atom. The van der Waals surface area contributed by atoms with Gasteiger partial charge in [-0.1, -0.05) is 72.6 Å². The van der Waals surface area contributed by atoms with Crippen LogP contribution in [0.1, 0.15) is 111 Å². The van der Waals surface area contributed by atoms with E-state index in [1.54, 1.807) is 0 Å². The third-order valence-electron chi connectivity index (χ3n) is 7.91. The van der Waals surface area contributed by atoms with E-state index in [1.807, 2.05) is 0 Å². The summed E-state index contributed by atoms with van der Waals surface area (Å²) in [6.45, 7) is 17.7. The summed E-state index contributed by atoms with van der Waals surface area (Å²) < 4.78 is 6.43. The molecule has 0 aromatic heterocycles. The number of piperidine rings is 1. The van der Waals surface area contributed by atoms with Gasteiger partial charge in [-0.3, -0.25) is 4.90 Å². The molecule has 30 heavy (non-hydrogen) atoms.